The van der Waals surface area contributed by atoms with Gasteiger partial charge in [-0.2, -0.15) is 0 Å². The average molecular weight is 270 g/mol. The van der Waals surface area contributed by atoms with Crippen LogP contribution in [0.1, 0.15) is 53.4 Å². The van der Waals surface area contributed by atoms with Gasteiger partial charge in [0.1, 0.15) is 0 Å². The lowest BCUT2D eigenvalue weighted by atomic mass is 9.64. The highest BCUT2D eigenvalue weighted by atomic mass is 16.1. The number of carbonyl (C=O) groups is 1. The summed E-state index contributed by atoms with van der Waals surface area (Å²) in [5, 5.41) is 0. The molecule has 4 aliphatic carbocycles. The molecule has 4 aliphatic rings. The molecule has 0 radical (unpaired) electrons. The predicted octanol–water partition coefficient (Wildman–Crippen LogP) is 4.54. The normalized spacial score (nSPS) is 45.3. The van der Waals surface area contributed by atoms with Crippen LogP contribution in [0.25, 0.3) is 0 Å². The first-order valence-electron chi connectivity index (χ1n) is 8.37. The van der Waals surface area contributed by atoms with E-state index in [1.54, 1.807) is 5.57 Å². The van der Waals surface area contributed by atoms with Crippen LogP contribution in [0.5, 0.6) is 0 Å². The highest BCUT2D eigenvalue weighted by Crippen LogP contribution is 2.69. The van der Waals surface area contributed by atoms with Crippen molar-refractivity contribution in [2.75, 3.05) is 0 Å². The van der Waals surface area contributed by atoms with Gasteiger partial charge in [-0.1, -0.05) is 38.0 Å². The molecule has 0 heterocycles. The fraction of sp³-hybridized carbons (Fsp3) is 0.737. The summed E-state index contributed by atoms with van der Waals surface area (Å²) < 4.78 is 0. The average Bonchev–Trinajstić information content (AvgIpc) is 2.74. The van der Waals surface area contributed by atoms with Gasteiger partial charge in [0.05, 0.1) is 0 Å². The number of carbonyl (C=O) groups excluding carboxylic acids is 1. The Balaban J connectivity index is 1.86. The minimum absolute atomic E-state index is 0.243. The van der Waals surface area contributed by atoms with Gasteiger partial charge >= 0.3 is 0 Å². The smallest absolute Gasteiger partial charge is 0.161 e. The van der Waals surface area contributed by atoms with E-state index in [-0.39, 0.29) is 5.92 Å². The van der Waals surface area contributed by atoms with E-state index in [4.69, 9.17) is 0 Å². The van der Waals surface area contributed by atoms with Gasteiger partial charge in [0.15, 0.2) is 5.78 Å². The van der Waals surface area contributed by atoms with Crippen LogP contribution in [0.15, 0.2) is 22.8 Å². The number of Topliss-reactive ketones (excluding diaryl/α,β-unsaturated/α-hetero) is 1. The second-order valence-corrected chi connectivity index (χ2v) is 8.20. The quantitative estimate of drug-likeness (QED) is 0.591. The summed E-state index contributed by atoms with van der Waals surface area (Å²) in [5.41, 5.74) is 4.77. The zero-order chi connectivity index (χ0) is 14.2. The number of ketones is 1. The van der Waals surface area contributed by atoms with Crippen molar-refractivity contribution in [1.29, 1.82) is 0 Å². The maximum atomic E-state index is 12.8. The Labute approximate surface area is 122 Å². The van der Waals surface area contributed by atoms with Gasteiger partial charge in [-0.25, -0.2) is 0 Å². The van der Waals surface area contributed by atoms with Crippen molar-refractivity contribution in [3.8, 4) is 0 Å². The minimum atomic E-state index is 0.243. The standard InChI is InChI=1S/C19H26O/c1-10-8-9-14-17(19(14,3)4)16-11(2)18(20)13-7-5-6-12(13)15(10)16/h8,11,14-17H,5-7,9H2,1-4H3/t11?,14-,15?,16?,17-/m0/s1. The van der Waals surface area contributed by atoms with Crippen molar-refractivity contribution in [2.45, 2.75) is 53.4 Å². The Hall–Kier alpha value is -0.850. The zero-order valence-electron chi connectivity index (χ0n) is 13.2. The van der Waals surface area contributed by atoms with Gasteiger partial charge in [-0.05, 0) is 61.3 Å². The summed E-state index contributed by atoms with van der Waals surface area (Å²) in [6.45, 7) is 9.38. The molecule has 1 saturated carbocycles. The molecule has 1 nitrogen and oxygen atoms in total. The first-order chi connectivity index (χ1) is 9.44. The van der Waals surface area contributed by atoms with Crippen LogP contribution in [0.3, 0.4) is 0 Å². The molecular weight excluding hydrogens is 244 g/mol. The summed E-state index contributed by atoms with van der Waals surface area (Å²) in [7, 11) is 0. The van der Waals surface area contributed by atoms with E-state index >= 15 is 0 Å². The number of allylic oxidation sites excluding steroid dienone is 4. The van der Waals surface area contributed by atoms with Crippen molar-refractivity contribution < 1.29 is 4.79 Å². The summed E-state index contributed by atoms with van der Waals surface area (Å²) in [6.07, 6.45) is 7.17. The topological polar surface area (TPSA) is 17.1 Å². The van der Waals surface area contributed by atoms with E-state index in [1.165, 1.54) is 30.4 Å². The first kappa shape index (κ1) is 12.9. The molecule has 0 aromatic heterocycles. The van der Waals surface area contributed by atoms with Gasteiger partial charge in [0.2, 0.25) is 0 Å². The number of rotatable bonds is 0. The highest BCUT2D eigenvalue weighted by Gasteiger charge is 2.64. The van der Waals surface area contributed by atoms with Crippen LogP contribution in [0.4, 0.5) is 0 Å². The van der Waals surface area contributed by atoms with Gasteiger partial charge < -0.3 is 0 Å². The van der Waals surface area contributed by atoms with E-state index in [0.717, 1.165) is 18.3 Å². The Morgan fingerprint density at radius 1 is 1.25 bits per heavy atom. The predicted molar refractivity (Wildman–Crippen MR) is 81.2 cm³/mol. The summed E-state index contributed by atoms with van der Waals surface area (Å²) in [4.78, 5) is 12.8. The van der Waals surface area contributed by atoms with Crippen molar-refractivity contribution in [3.05, 3.63) is 22.8 Å². The van der Waals surface area contributed by atoms with Crippen LogP contribution < -0.4 is 0 Å². The van der Waals surface area contributed by atoms with Crippen molar-refractivity contribution in [1.82, 2.24) is 0 Å². The molecule has 1 fully saturated rings. The molecule has 5 atom stereocenters. The van der Waals surface area contributed by atoms with Crippen LogP contribution in [0.2, 0.25) is 0 Å². The van der Waals surface area contributed by atoms with Crippen LogP contribution in [-0.2, 0) is 4.79 Å². The van der Waals surface area contributed by atoms with E-state index in [1.807, 2.05) is 0 Å². The Morgan fingerprint density at radius 3 is 2.75 bits per heavy atom. The van der Waals surface area contributed by atoms with E-state index in [9.17, 15) is 4.79 Å². The Morgan fingerprint density at radius 2 is 2.00 bits per heavy atom. The Kier molecular flexibility index (Phi) is 2.49. The minimum Gasteiger partial charge on any atom is -0.294 e. The maximum absolute atomic E-state index is 12.8. The molecule has 3 unspecified atom stereocenters. The molecule has 0 amide bonds. The fourth-order valence-corrected chi connectivity index (χ4v) is 5.90. The molecule has 0 aliphatic heterocycles. The van der Waals surface area contributed by atoms with E-state index in [2.05, 4.69) is 33.8 Å². The monoisotopic (exact) mass is 270 g/mol. The molecule has 108 valence electrons. The largest absolute Gasteiger partial charge is 0.294 e. The summed E-state index contributed by atoms with van der Waals surface area (Å²) in [5.74, 6) is 3.48. The molecule has 0 spiro atoms. The van der Waals surface area contributed by atoms with E-state index in [0.29, 0.717) is 23.0 Å². The fourth-order valence-electron chi connectivity index (χ4n) is 5.90. The molecule has 20 heavy (non-hydrogen) atoms. The SMILES string of the molecule is CC1=CC[C@H]2[C@@H](C3C(C)C(=O)C4=C(CCC4)C13)C2(C)C. The number of hydrogen-bond donors (Lipinski definition) is 0. The van der Waals surface area contributed by atoms with Gasteiger partial charge in [-0.3, -0.25) is 4.79 Å². The first-order valence-corrected chi connectivity index (χ1v) is 8.37. The molecular formula is C19H26O. The molecule has 0 saturated heterocycles. The van der Waals surface area contributed by atoms with E-state index < -0.39 is 0 Å². The molecule has 0 aromatic carbocycles. The van der Waals surface area contributed by atoms with Gasteiger partial charge in [0, 0.05) is 11.8 Å². The van der Waals surface area contributed by atoms with Crippen molar-refractivity contribution in [2.24, 2.45) is 35.0 Å². The second-order valence-electron chi connectivity index (χ2n) is 8.20. The molecule has 4 rings (SSSR count). The second kappa shape index (κ2) is 3.87. The molecule has 0 N–H and O–H groups in total. The zero-order valence-corrected chi connectivity index (χ0v) is 13.2. The molecule has 1 heteroatoms. The molecule has 0 aromatic rings. The maximum Gasteiger partial charge on any atom is 0.161 e. The van der Waals surface area contributed by atoms with Crippen LogP contribution >= 0.6 is 0 Å². The summed E-state index contributed by atoms with van der Waals surface area (Å²) in [6, 6.07) is 0. The number of fused-ring (bicyclic) bond motifs is 4. The van der Waals surface area contributed by atoms with Crippen LogP contribution in [0, 0.1) is 35.0 Å². The van der Waals surface area contributed by atoms with Gasteiger partial charge in [0.25, 0.3) is 0 Å². The third-order valence-corrected chi connectivity index (χ3v) is 7.05. The molecule has 0 bridgehead atoms. The number of hydrogen-bond acceptors (Lipinski definition) is 1. The third-order valence-electron chi connectivity index (χ3n) is 7.05. The highest BCUT2D eigenvalue weighted by molar-refractivity contribution is 5.99. The Bertz CT molecular complexity index is 548. The third kappa shape index (κ3) is 1.42. The van der Waals surface area contributed by atoms with Crippen molar-refractivity contribution >= 4 is 5.78 Å². The van der Waals surface area contributed by atoms with Gasteiger partial charge in [-0.15, -0.1) is 0 Å². The lowest BCUT2D eigenvalue weighted by Crippen LogP contribution is -2.37. The lowest BCUT2D eigenvalue weighted by Gasteiger charge is -2.39. The summed E-state index contributed by atoms with van der Waals surface area (Å²) >= 11 is 0. The van der Waals surface area contributed by atoms with Crippen molar-refractivity contribution in [3.63, 3.8) is 0 Å². The lowest BCUT2D eigenvalue weighted by molar-refractivity contribution is -0.122. The van der Waals surface area contributed by atoms with Crippen LogP contribution in [-0.4, -0.2) is 5.78 Å².